The molecule has 0 unspecified atom stereocenters. The number of hydrogen-bond donors (Lipinski definition) is 0. The van der Waals surface area contributed by atoms with Crippen LogP contribution in [-0.2, 0) is 9.53 Å². The van der Waals surface area contributed by atoms with E-state index in [2.05, 4.69) is 6.58 Å². The molecule has 0 aliphatic rings. The van der Waals surface area contributed by atoms with E-state index in [1.165, 1.54) is 0 Å². The Morgan fingerprint density at radius 3 is 1.89 bits per heavy atom. The molecule has 0 bridgehead atoms. The Labute approximate surface area is 134 Å². The van der Waals surface area contributed by atoms with E-state index in [0.29, 0.717) is 0 Å². The van der Waals surface area contributed by atoms with Gasteiger partial charge in [0.1, 0.15) is 23.3 Å². The molecule has 0 saturated heterocycles. The minimum atomic E-state index is -0.562. The van der Waals surface area contributed by atoms with Crippen molar-refractivity contribution in [1.29, 1.82) is 0 Å². The van der Waals surface area contributed by atoms with Crippen LogP contribution in [0.2, 0.25) is 25.1 Å². The highest BCUT2D eigenvalue weighted by Gasteiger charge is 2.20. The first-order chi connectivity index (χ1) is 8.90. The molecule has 0 N–H and O–H groups in total. The van der Waals surface area contributed by atoms with Gasteiger partial charge in [-0.1, -0.05) is 64.6 Å². The highest BCUT2D eigenvalue weighted by Crippen LogP contribution is 2.48. The van der Waals surface area contributed by atoms with Gasteiger partial charge in [0.25, 0.3) is 0 Å². The summed E-state index contributed by atoms with van der Waals surface area (Å²) in [6, 6.07) is 0. The van der Waals surface area contributed by atoms with E-state index >= 15 is 0 Å². The number of ether oxygens (including phenoxy) is 2. The summed E-state index contributed by atoms with van der Waals surface area (Å²) in [6.45, 7) is 3.27. The number of carbonyl (C=O) groups is 1. The van der Waals surface area contributed by atoms with E-state index in [1.54, 1.807) is 0 Å². The summed E-state index contributed by atoms with van der Waals surface area (Å²) in [4.78, 5) is 10.8. The lowest BCUT2D eigenvalue weighted by atomic mass is 10.3. The van der Waals surface area contributed by atoms with Gasteiger partial charge in [-0.25, -0.2) is 4.79 Å². The Bertz CT molecular complexity index is 487. The van der Waals surface area contributed by atoms with Crippen LogP contribution >= 0.6 is 58.0 Å². The molecule has 0 atom stereocenters. The summed E-state index contributed by atoms with van der Waals surface area (Å²) in [5, 5.41) is 0.197. The van der Waals surface area contributed by atoms with Gasteiger partial charge in [0.15, 0.2) is 5.75 Å². The van der Waals surface area contributed by atoms with Crippen LogP contribution in [0.15, 0.2) is 12.7 Å². The van der Waals surface area contributed by atoms with Crippen LogP contribution in [0.5, 0.6) is 5.75 Å². The third kappa shape index (κ3) is 4.07. The van der Waals surface area contributed by atoms with E-state index in [1.807, 2.05) is 0 Å². The first kappa shape index (κ1) is 16.7. The van der Waals surface area contributed by atoms with E-state index in [0.717, 1.165) is 6.08 Å². The number of rotatable bonds is 5. The third-order valence-electron chi connectivity index (χ3n) is 1.91. The summed E-state index contributed by atoms with van der Waals surface area (Å²) in [6.07, 6.45) is 1.04. The van der Waals surface area contributed by atoms with Gasteiger partial charge < -0.3 is 9.47 Å². The lowest BCUT2D eigenvalue weighted by Gasteiger charge is -2.13. The standard InChI is InChI=1S/C11H7Cl5O3/c1-2-5(17)18-3-4-19-11-9(15)7(13)6(12)8(14)10(11)16/h2H,1,3-4H2. The van der Waals surface area contributed by atoms with Gasteiger partial charge in [-0.05, 0) is 0 Å². The fraction of sp³-hybridized carbons (Fsp3) is 0.182. The first-order valence-corrected chi connectivity index (χ1v) is 6.72. The van der Waals surface area contributed by atoms with Crippen molar-refractivity contribution in [2.75, 3.05) is 13.2 Å². The number of esters is 1. The molecule has 1 aromatic carbocycles. The average Bonchev–Trinajstić information content (AvgIpc) is 2.41. The molecular formula is C11H7Cl5O3. The quantitative estimate of drug-likeness (QED) is 0.241. The minimum absolute atomic E-state index is 0.00459. The second-order valence-corrected chi connectivity index (χ2v) is 5.01. The zero-order valence-electron chi connectivity index (χ0n) is 9.31. The zero-order chi connectivity index (χ0) is 14.6. The Morgan fingerprint density at radius 2 is 1.42 bits per heavy atom. The monoisotopic (exact) mass is 362 g/mol. The average molecular weight is 364 g/mol. The highest BCUT2D eigenvalue weighted by atomic mass is 35.5. The van der Waals surface area contributed by atoms with Crippen LogP contribution in [0.3, 0.4) is 0 Å². The summed E-state index contributed by atoms with van der Waals surface area (Å²) in [5.74, 6) is -0.481. The van der Waals surface area contributed by atoms with Gasteiger partial charge in [-0.2, -0.15) is 0 Å². The Kier molecular flexibility index (Phi) is 6.57. The van der Waals surface area contributed by atoms with E-state index in [4.69, 9.17) is 67.5 Å². The van der Waals surface area contributed by atoms with Crippen LogP contribution in [0.1, 0.15) is 0 Å². The lowest BCUT2D eigenvalue weighted by Crippen LogP contribution is -2.10. The van der Waals surface area contributed by atoms with Crippen molar-refractivity contribution in [3.63, 3.8) is 0 Å². The van der Waals surface area contributed by atoms with Crippen molar-refractivity contribution in [3.8, 4) is 5.75 Å². The van der Waals surface area contributed by atoms with E-state index in [9.17, 15) is 4.79 Å². The van der Waals surface area contributed by atoms with Crippen LogP contribution in [0, 0.1) is 0 Å². The molecule has 0 fully saturated rings. The maximum absolute atomic E-state index is 10.8. The molecule has 19 heavy (non-hydrogen) atoms. The largest absolute Gasteiger partial charge is 0.487 e. The predicted octanol–water partition coefficient (Wildman–Crippen LogP) is 5.06. The Balaban J connectivity index is 2.79. The fourth-order valence-corrected chi connectivity index (χ4v) is 2.29. The highest BCUT2D eigenvalue weighted by molar-refractivity contribution is 6.55. The van der Waals surface area contributed by atoms with Crippen molar-refractivity contribution in [3.05, 3.63) is 37.8 Å². The maximum Gasteiger partial charge on any atom is 0.330 e. The van der Waals surface area contributed by atoms with Gasteiger partial charge in [0.05, 0.1) is 15.1 Å². The van der Waals surface area contributed by atoms with Crippen molar-refractivity contribution < 1.29 is 14.3 Å². The van der Waals surface area contributed by atoms with E-state index in [-0.39, 0.29) is 44.1 Å². The molecule has 0 amide bonds. The molecule has 0 radical (unpaired) electrons. The number of hydrogen-bond acceptors (Lipinski definition) is 3. The molecule has 0 aliphatic heterocycles. The lowest BCUT2D eigenvalue weighted by molar-refractivity contribution is -0.138. The zero-order valence-corrected chi connectivity index (χ0v) is 13.1. The first-order valence-electron chi connectivity index (χ1n) is 4.83. The smallest absolute Gasteiger partial charge is 0.330 e. The van der Waals surface area contributed by atoms with Crippen molar-refractivity contribution in [2.24, 2.45) is 0 Å². The van der Waals surface area contributed by atoms with Crippen molar-refractivity contribution in [1.82, 2.24) is 0 Å². The minimum Gasteiger partial charge on any atom is -0.487 e. The summed E-state index contributed by atoms with van der Waals surface area (Å²) < 4.78 is 9.99. The van der Waals surface area contributed by atoms with Gasteiger partial charge in [-0.15, -0.1) is 0 Å². The topological polar surface area (TPSA) is 35.5 Å². The Morgan fingerprint density at radius 1 is 0.947 bits per heavy atom. The molecule has 1 rings (SSSR count). The molecular weight excluding hydrogens is 357 g/mol. The summed E-state index contributed by atoms with van der Waals surface area (Å²) in [7, 11) is 0. The molecule has 104 valence electrons. The summed E-state index contributed by atoms with van der Waals surface area (Å²) >= 11 is 29.4. The van der Waals surface area contributed by atoms with Gasteiger partial charge >= 0.3 is 5.97 Å². The second kappa shape index (κ2) is 7.46. The normalized spacial score (nSPS) is 10.2. The Hall–Kier alpha value is -0.320. The van der Waals surface area contributed by atoms with Gasteiger partial charge in [-0.3, -0.25) is 0 Å². The van der Waals surface area contributed by atoms with Gasteiger partial charge in [0.2, 0.25) is 0 Å². The number of halogens is 5. The molecule has 0 saturated carbocycles. The second-order valence-electron chi connectivity index (χ2n) is 3.12. The molecule has 3 nitrogen and oxygen atoms in total. The number of carbonyl (C=O) groups excluding carboxylic acids is 1. The third-order valence-corrected chi connectivity index (χ3v) is 4.15. The molecule has 0 aromatic heterocycles. The fourth-order valence-electron chi connectivity index (χ4n) is 1.06. The molecule has 1 aromatic rings. The predicted molar refractivity (Wildman–Crippen MR) is 78.1 cm³/mol. The van der Waals surface area contributed by atoms with Crippen molar-refractivity contribution >= 4 is 64.0 Å². The molecule has 0 heterocycles. The van der Waals surface area contributed by atoms with Crippen LogP contribution in [0.4, 0.5) is 0 Å². The van der Waals surface area contributed by atoms with Crippen molar-refractivity contribution in [2.45, 2.75) is 0 Å². The molecule has 0 aliphatic carbocycles. The van der Waals surface area contributed by atoms with E-state index < -0.39 is 5.97 Å². The molecule has 8 heteroatoms. The van der Waals surface area contributed by atoms with Crippen LogP contribution in [0.25, 0.3) is 0 Å². The van der Waals surface area contributed by atoms with Gasteiger partial charge in [0, 0.05) is 6.08 Å². The summed E-state index contributed by atoms with van der Waals surface area (Å²) in [5.41, 5.74) is 0. The number of benzene rings is 1. The van der Waals surface area contributed by atoms with Crippen LogP contribution < -0.4 is 4.74 Å². The van der Waals surface area contributed by atoms with Crippen LogP contribution in [-0.4, -0.2) is 19.2 Å². The maximum atomic E-state index is 10.8. The molecule has 0 spiro atoms. The SMILES string of the molecule is C=CC(=O)OCCOc1c(Cl)c(Cl)c(Cl)c(Cl)c1Cl.